The fourth-order valence-corrected chi connectivity index (χ4v) is 2.75. The van der Waals surface area contributed by atoms with Crippen LogP contribution in [0.15, 0.2) is 42.5 Å². The first-order valence-corrected chi connectivity index (χ1v) is 7.40. The number of hydrogen-bond donors (Lipinski definition) is 1. The molecule has 0 radical (unpaired) electrons. The second kappa shape index (κ2) is 6.00. The SMILES string of the molecule is CCOC(=O)c1cc2c([nH]1)C(=CCc1ccccc1)CC2. The molecule has 0 atom stereocenters. The molecule has 3 heteroatoms. The highest BCUT2D eigenvalue weighted by Crippen LogP contribution is 2.32. The summed E-state index contributed by atoms with van der Waals surface area (Å²) in [6.45, 7) is 2.22. The van der Waals surface area contributed by atoms with Gasteiger partial charge in [0.15, 0.2) is 0 Å². The average Bonchev–Trinajstić information content (AvgIpc) is 3.07. The number of nitrogens with one attached hydrogen (secondary N) is 1. The van der Waals surface area contributed by atoms with Gasteiger partial charge in [0.05, 0.1) is 6.61 Å². The summed E-state index contributed by atoms with van der Waals surface area (Å²) in [4.78, 5) is 15.0. The van der Waals surface area contributed by atoms with Gasteiger partial charge in [0.25, 0.3) is 0 Å². The van der Waals surface area contributed by atoms with E-state index >= 15 is 0 Å². The number of fused-ring (bicyclic) bond motifs is 1. The van der Waals surface area contributed by atoms with Crippen LogP contribution in [0, 0.1) is 0 Å². The second-order valence-corrected chi connectivity index (χ2v) is 5.22. The van der Waals surface area contributed by atoms with E-state index in [1.165, 1.54) is 16.7 Å². The first-order chi connectivity index (χ1) is 10.3. The maximum Gasteiger partial charge on any atom is 0.354 e. The van der Waals surface area contributed by atoms with Crippen LogP contribution in [-0.2, 0) is 17.6 Å². The minimum atomic E-state index is -0.269. The molecule has 0 aliphatic heterocycles. The minimum Gasteiger partial charge on any atom is -0.461 e. The molecule has 1 aliphatic rings. The molecule has 1 heterocycles. The number of aromatic nitrogens is 1. The molecular weight excluding hydrogens is 262 g/mol. The molecule has 0 bridgehead atoms. The van der Waals surface area contributed by atoms with E-state index in [1.54, 1.807) is 0 Å². The number of carbonyl (C=O) groups excluding carboxylic acids is 1. The van der Waals surface area contributed by atoms with Crippen LogP contribution >= 0.6 is 0 Å². The van der Waals surface area contributed by atoms with Gasteiger partial charge in [-0.3, -0.25) is 0 Å². The second-order valence-electron chi connectivity index (χ2n) is 5.22. The first-order valence-electron chi connectivity index (χ1n) is 7.40. The average molecular weight is 281 g/mol. The molecule has 3 nitrogen and oxygen atoms in total. The highest BCUT2D eigenvalue weighted by Gasteiger charge is 2.21. The van der Waals surface area contributed by atoms with Gasteiger partial charge in [0.2, 0.25) is 0 Å². The van der Waals surface area contributed by atoms with Gasteiger partial charge < -0.3 is 9.72 Å². The van der Waals surface area contributed by atoms with Crippen LogP contribution in [-0.4, -0.2) is 17.6 Å². The van der Waals surface area contributed by atoms with Gasteiger partial charge in [-0.15, -0.1) is 0 Å². The third-order valence-electron chi connectivity index (χ3n) is 3.81. The molecule has 2 aromatic rings. The maximum atomic E-state index is 11.8. The van der Waals surface area contributed by atoms with Crippen molar-refractivity contribution in [3.8, 4) is 0 Å². The predicted octanol–water partition coefficient (Wildman–Crippen LogP) is 3.76. The Labute approximate surface area is 124 Å². The van der Waals surface area contributed by atoms with E-state index in [-0.39, 0.29) is 5.97 Å². The molecule has 0 amide bonds. The summed E-state index contributed by atoms with van der Waals surface area (Å²) < 4.78 is 5.04. The van der Waals surface area contributed by atoms with Crippen LogP contribution in [0.25, 0.3) is 5.57 Å². The summed E-state index contributed by atoms with van der Waals surface area (Å²) in [6, 6.07) is 12.3. The van der Waals surface area contributed by atoms with Crippen molar-refractivity contribution in [1.29, 1.82) is 0 Å². The van der Waals surface area contributed by atoms with Crippen molar-refractivity contribution in [3.63, 3.8) is 0 Å². The van der Waals surface area contributed by atoms with Crippen molar-refractivity contribution in [1.82, 2.24) is 4.98 Å². The monoisotopic (exact) mass is 281 g/mol. The molecular formula is C18H19NO2. The molecule has 1 aromatic heterocycles. The van der Waals surface area contributed by atoms with Crippen LogP contribution < -0.4 is 0 Å². The minimum absolute atomic E-state index is 0.269. The number of allylic oxidation sites excluding steroid dienone is 2. The van der Waals surface area contributed by atoms with Gasteiger partial charge in [-0.1, -0.05) is 36.4 Å². The number of H-pyrrole nitrogens is 1. The van der Waals surface area contributed by atoms with Crippen molar-refractivity contribution >= 4 is 11.5 Å². The quantitative estimate of drug-likeness (QED) is 0.867. The number of esters is 1. The summed E-state index contributed by atoms with van der Waals surface area (Å²) >= 11 is 0. The molecule has 0 fully saturated rings. The lowest BCUT2D eigenvalue weighted by Gasteiger charge is -2.01. The van der Waals surface area contributed by atoms with Crippen LogP contribution in [0.2, 0.25) is 0 Å². The number of aryl methyl sites for hydroxylation is 1. The predicted molar refractivity (Wildman–Crippen MR) is 83.2 cm³/mol. The molecule has 1 aromatic carbocycles. The lowest BCUT2D eigenvalue weighted by atomic mass is 10.1. The van der Waals surface area contributed by atoms with Crippen LogP contribution in [0.4, 0.5) is 0 Å². The van der Waals surface area contributed by atoms with Crippen LogP contribution in [0.5, 0.6) is 0 Å². The smallest absolute Gasteiger partial charge is 0.354 e. The Kier molecular flexibility index (Phi) is 3.91. The topological polar surface area (TPSA) is 42.1 Å². The molecule has 3 rings (SSSR count). The van der Waals surface area contributed by atoms with E-state index in [0.717, 1.165) is 25.0 Å². The zero-order valence-electron chi connectivity index (χ0n) is 12.2. The molecule has 108 valence electrons. The third-order valence-corrected chi connectivity index (χ3v) is 3.81. The fourth-order valence-electron chi connectivity index (χ4n) is 2.75. The van der Waals surface area contributed by atoms with Crippen molar-refractivity contribution in [2.75, 3.05) is 6.61 Å². The highest BCUT2D eigenvalue weighted by atomic mass is 16.5. The molecule has 0 spiro atoms. The van der Waals surface area contributed by atoms with E-state index in [1.807, 2.05) is 19.1 Å². The summed E-state index contributed by atoms with van der Waals surface area (Å²) in [5.41, 5.74) is 5.48. The van der Waals surface area contributed by atoms with Gasteiger partial charge >= 0.3 is 5.97 Å². The van der Waals surface area contributed by atoms with E-state index in [2.05, 4.69) is 35.3 Å². The highest BCUT2D eigenvalue weighted by molar-refractivity contribution is 5.89. The molecule has 0 saturated heterocycles. The Hall–Kier alpha value is -2.29. The van der Waals surface area contributed by atoms with E-state index < -0.39 is 0 Å². The maximum absolute atomic E-state index is 11.8. The third kappa shape index (κ3) is 2.92. The Morgan fingerprint density at radius 1 is 1.29 bits per heavy atom. The van der Waals surface area contributed by atoms with Gasteiger partial charge in [-0.05, 0) is 49.0 Å². The number of carbonyl (C=O) groups is 1. The van der Waals surface area contributed by atoms with Gasteiger partial charge in [0.1, 0.15) is 5.69 Å². The fraction of sp³-hybridized carbons (Fsp3) is 0.278. The van der Waals surface area contributed by atoms with Crippen molar-refractivity contribution in [2.45, 2.75) is 26.2 Å². The summed E-state index contributed by atoms with van der Waals surface area (Å²) in [7, 11) is 0. The van der Waals surface area contributed by atoms with Crippen molar-refractivity contribution in [2.24, 2.45) is 0 Å². The number of ether oxygens (including phenoxy) is 1. The largest absolute Gasteiger partial charge is 0.461 e. The first kappa shape index (κ1) is 13.7. The Bertz CT molecular complexity index is 668. The molecule has 1 N–H and O–H groups in total. The van der Waals surface area contributed by atoms with Crippen LogP contribution in [0.1, 0.15) is 40.7 Å². The van der Waals surface area contributed by atoms with Gasteiger partial charge in [-0.25, -0.2) is 4.79 Å². The molecule has 0 unspecified atom stereocenters. The zero-order valence-corrected chi connectivity index (χ0v) is 12.2. The Balaban J connectivity index is 1.78. The Morgan fingerprint density at radius 3 is 2.86 bits per heavy atom. The summed E-state index contributed by atoms with van der Waals surface area (Å²) in [5.74, 6) is -0.269. The number of benzene rings is 1. The zero-order chi connectivity index (χ0) is 14.7. The van der Waals surface area contributed by atoms with E-state index in [9.17, 15) is 4.79 Å². The van der Waals surface area contributed by atoms with Crippen LogP contribution in [0.3, 0.4) is 0 Å². The van der Waals surface area contributed by atoms with Crippen molar-refractivity contribution in [3.05, 3.63) is 65.0 Å². The van der Waals surface area contributed by atoms with Gasteiger partial charge in [-0.2, -0.15) is 0 Å². The standard InChI is InChI=1S/C18H19NO2/c1-2-21-18(20)16-12-15-11-10-14(17(15)19-16)9-8-13-6-4-3-5-7-13/h3-7,9,12,19H,2,8,10-11H2,1H3. The molecule has 21 heavy (non-hydrogen) atoms. The number of aromatic amines is 1. The number of hydrogen-bond acceptors (Lipinski definition) is 2. The summed E-state index contributed by atoms with van der Waals surface area (Å²) in [5, 5.41) is 0. The normalized spacial score (nSPS) is 15.2. The van der Waals surface area contributed by atoms with Gasteiger partial charge in [0, 0.05) is 5.69 Å². The lowest BCUT2D eigenvalue weighted by Crippen LogP contribution is -2.05. The Morgan fingerprint density at radius 2 is 2.10 bits per heavy atom. The summed E-state index contributed by atoms with van der Waals surface area (Å²) in [6.07, 6.45) is 5.21. The molecule has 1 aliphatic carbocycles. The van der Waals surface area contributed by atoms with E-state index in [4.69, 9.17) is 4.74 Å². The number of rotatable bonds is 4. The van der Waals surface area contributed by atoms with E-state index in [0.29, 0.717) is 12.3 Å². The van der Waals surface area contributed by atoms with Crippen molar-refractivity contribution < 1.29 is 9.53 Å². The molecule has 0 saturated carbocycles. The lowest BCUT2D eigenvalue weighted by molar-refractivity contribution is 0.0520.